The molecule has 1 aliphatic rings. The van der Waals surface area contributed by atoms with Crippen LogP contribution in [0.25, 0.3) is 0 Å². The monoisotopic (exact) mass is 467 g/mol. The van der Waals surface area contributed by atoms with Crippen LogP contribution in [0.4, 0.5) is 13.2 Å². The van der Waals surface area contributed by atoms with E-state index in [0.29, 0.717) is 19.6 Å². The minimum atomic E-state index is -4.84. The van der Waals surface area contributed by atoms with Crippen molar-refractivity contribution in [2.45, 2.75) is 58.3 Å². The van der Waals surface area contributed by atoms with Gasteiger partial charge in [0.1, 0.15) is 16.9 Å². The lowest BCUT2D eigenvalue weighted by Crippen LogP contribution is -2.42. The first-order valence-corrected chi connectivity index (χ1v) is 11.0. The van der Waals surface area contributed by atoms with Crippen LogP contribution in [0.5, 0.6) is 0 Å². The highest BCUT2D eigenvalue weighted by atomic mass is 19.4. The largest absolute Gasteiger partial charge is 0.467 e. The van der Waals surface area contributed by atoms with Gasteiger partial charge in [0.2, 0.25) is 5.43 Å². The number of furan rings is 1. The van der Waals surface area contributed by atoms with Gasteiger partial charge in [-0.15, -0.1) is 0 Å². The van der Waals surface area contributed by atoms with E-state index in [9.17, 15) is 27.6 Å². The molecule has 0 bridgehead atoms. The Labute approximate surface area is 189 Å². The molecule has 2 aromatic heterocycles. The van der Waals surface area contributed by atoms with Gasteiger partial charge >= 0.3 is 6.18 Å². The Morgan fingerprint density at radius 1 is 1.09 bits per heavy atom. The summed E-state index contributed by atoms with van der Waals surface area (Å²) in [5.74, 6) is -2.13. The van der Waals surface area contributed by atoms with E-state index < -0.39 is 40.8 Å². The molecule has 0 saturated carbocycles. The van der Waals surface area contributed by atoms with Crippen molar-refractivity contribution in [1.82, 2.24) is 14.8 Å². The van der Waals surface area contributed by atoms with Crippen LogP contribution < -0.4 is 10.7 Å². The van der Waals surface area contributed by atoms with Gasteiger partial charge in [-0.25, -0.2) is 0 Å². The van der Waals surface area contributed by atoms with Crippen LogP contribution in [-0.2, 0) is 6.54 Å². The first kappa shape index (κ1) is 24.6. The predicted octanol–water partition coefficient (Wildman–Crippen LogP) is 4.15. The summed E-state index contributed by atoms with van der Waals surface area (Å²) in [6.45, 7) is 5.18. The fourth-order valence-electron chi connectivity index (χ4n) is 3.90. The highest BCUT2D eigenvalue weighted by molar-refractivity contribution is 5.99. The molecule has 0 aromatic carbocycles. The fourth-order valence-corrected chi connectivity index (χ4v) is 3.90. The summed E-state index contributed by atoms with van der Waals surface area (Å²) >= 11 is 0. The molecule has 1 aliphatic heterocycles. The Hall–Kier alpha value is -3.04. The number of pyridine rings is 1. The molecule has 2 amide bonds. The van der Waals surface area contributed by atoms with Gasteiger partial charge in [0.15, 0.2) is 6.04 Å². The van der Waals surface area contributed by atoms with E-state index in [1.807, 2.05) is 19.2 Å². The number of aromatic nitrogens is 1. The number of halogens is 3. The molecule has 1 fully saturated rings. The Balaban J connectivity index is 1.99. The second kappa shape index (κ2) is 10.3. The molecular weight excluding hydrogens is 439 g/mol. The second-order valence-electron chi connectivity index (χ2n) is 8.68. The zero-order valence-corrected chi connectivity index (χ0v) is 18.7. The van der Waals surface area contributed by atoms with Crippen molar-refractivity contribution < 1.29 is 27.2 Å². The second-order valence-corrected chi connectivity index (χ2v) is 8.68. The standard InChI is InChI=1S/C23H28F3N3O4/c1-15(2)12-28-13-16(21(31)27-20(23(24,25)26)18-8-7-11-33-18)19(30)17(14-28)22(32)29-9-5-3-4-6-10-29/h7-8,11,13-15,20H,3-6,9-10,12H2,1-2H3,(H,27,31)/t20-/m0/s1. The molecule has 180 valence electrons. The molecular formula is C23H28F3N3O4. The predicted molar refractivity (Wildman–Crippen MR) is 115 cm³/mol. The summed E-state index contributed by atoms with van der Waals surface area (Å²) in [6, 6.07) is -0.0617. The van der Waals surface area contributed by atoms with Crippen molar-refractivity contribution in [3.63, 3.8) is 0 Å². The van der Waals surface area contributed by atoms with E-state index in [2.05, 4.69) is 0 Å². The summed E-state index contributed by atoms with van der Waals surface area (Å²) in [5.41, 5.74) is -1.62. The van der Waals surface area contributed by atoms with Gasteiger partial charge in [0.05, 0.1) is 6.26 Å². The molecule has 1 saturated heterocycles. The van der Waals surface area contributed by atoms with E-state index in [1.54, 1.807) is 4.90 Å². The first-order chi connectivity index (χ1) is 15.6. The average molecular weight is 467 g/mol. The van der Waals surface area contributed by atoms with E-state index in [-0.39, 0.29) is 11.5 Å². The number of amides is 2. The third kappa shape index (κ3) is 6.06. The van der Waals surface area contributed by atoms with Crippen molar-refractivity contribution in [3.8, 4) is 0 Å². The van der Waals surface area contributed by atoms with Crippen molar-refractivity contribution in [1.29, 1.82) is 0 Å². The molecule has 7 nitrogen and oxygen atoms in total. The van der Waals surface area contributed by atoms with Crippen molar-refractivity contribution in [2.24, 2.45) is 5.92 Å². The lowest BCUT2D eigenvalue weighted by molar-refractivity contribution is -0.159. The Bertz CT molecular complexity index is 1020. The van der Waals surface area contributed by atoms with E-state index in [0.717, 1.165) is 38.0 Å². The number of rotatable bonds is 6. The molecule has 3 rings (SSSR count). The molecule has 0 aliphatic carbocycles. The van der Waals surface area contributed by atoms with E-state index in [1.165, 1.54) is 23.0 Å². The van der Waals surface area contributed by atoms with Crippen LogP contribution in [0, 0.1) is 5.92 Å². The third-order valence-electron chi connectivity index (χ3n) is 5.45. The lowest BCUT2D eigenvalue weighted by Gasteiger charge is -2.22. The van der Waals surface area contributed by atoms with Crippen molar-refractivity contribution in [3.05, 3.63) is 57.9 Å². The third-order valence-corrected chi connectivity index (χ3v) is 5.45. The van der Waals surface area contributed by atoms with Crippen LogP contribution >= 0.6 is 0 Å². The van der Waals surface area contributed by atoms with Crippen LogP contribution in [0.1, 0.15) is 72.0 Å². The molecule has 0 unspecified atom stereocenters. The zero-order valence-electron chi connectivity index (χ0n) is 18.7. The number of nitrogens with one attached hydrogen (secondary N) is 1. The van der Waals surface area contributed by atoms with Gasteiger partial charge in [-0.3, -0.25) is 14.4 Å². The quantitative estimate of drug-likeness (QED) is 0.692. The number of carbonyl (C=O) groups excluding carboxylic acids is 2. The summed E-state index contributed by atoms with van der Waals surface area (Å²) in [5, 5.41) is 1.86. The van der Waals surface area contributed by atoms with Crippen LogP contribution in [0.3, 0.4) is 0 Å². The van der Waals surface area contributed by atoms with Crippen LogP contribution in [-0.4, -0.2) is 40.5 Å². The lowest BCUT2D eigenvalue weighted by atomic mass is 10.1. The zero-order chi connectivity index (χ0) is 24.2. The molecule has 2 aromatic rings. The summed E-state index contributed by atoms with van der Waals surface area (Å²) in [6.07, 6.45) is 2.39. The molecule has 3 heterocycles. The number of carbonyl (C=O) groups is 2. The number of nitrogens with zero attached hydrogens (tertiary/aromatic N) is 2. The minimum Gasteiger partial charge on any atom is -0.467 e. The Morgan fingerprint density at radius 3 is 2.27 bits per heavy atom. The molecule has 0 radical (unpaired) electrons. The number of alkyl halides is 3. The average Bonchev–Trinajstić information content (AvgIpc) is 3.12. The highest BCUT2D eigenvalue weighted by Gasteiger charge is 2.44. The molecule has 1 atom stereocenters. The van der Waals surface area contributed by atoms with Crippen molar-refractivity contribution in [2.75, 3.05) is 13.1 Å². The number of hydrogen-bond donors (Lipinski definition) is 1. The van der Waals surface area contributed by atoms with Gasteiger partial charge in [-0.05, 0) is 30.9 Å². The minimum absolute atomic E-state index is 0.107. The highest BCUT2D eigenvalue weighted by Crippen LogP contribution is 2.33. The molecule has 10 heteroatoms. The topological polar surface area (TPSA) is 84.5 Å². The molecule has 0 spiro atoms. The summed E-state index contributed by atoms with van der Waals surface area (Å²) in [4.78, 5) is 40.7. The summed E-state index contributed by atoms with van der Waals surface area (Å²) < 4.78 is 47.1. The van der Waals surface area contributed by atoms with E-state index in [4.69, 9.17) is 4.42 Å². The van der Waals surface area contributed by atoms with Gasteiger partial charge in [-0.1, -0.05) is 26.7 Å². The smallest absolute Gasteiger partial charge is 0.415 e. The maximum atomic E-state index is 13.6. The molecule has 1 N–H and O–H groups in total. The normalized spacial score (nSPS) is 15.9. The number of hydrogen-bond acceptors (Lipinski definition) is 4. The van der Waals surface area contributed by atoms with Crippen LogP contribution in [0.15, 0.2) is 40.0 Å². The van der Waals surface area contributed by atoms with Gasteiger partial charge in [0.25, 0.3) is 11.8 Å². The first-order valence-electron chi connectivity index (χ1n) is 11.0. The number of likely N-dealkylation sites (tertiary alicyclic amines) is 1. The van der Waals surface area contributed by atoms with Gasteiger partial charge < -0.3 is 19.2 Å². The molecule has 33 heavy (non-hydrogen) atoms. The maximum absolute atomic E-state index is 13.6. The van der Waals surface area contributed by atoms with Gasteiger partial charge in [0, 0.05) is 32.0 Å². The SMILES string of the molecule is CC(C)Cn1cc(C(=O)N[C@@H](c2ccco2)C(F)(F)F)c(=O)c(C(=O)N2CCCCCC2)c1. The van der Waals surface area contributed by atoms with E-state index >= 15 is 0 Å². The fraction of sp³-hybridized carbons (Fsp3) is 0.522. The van der Waals surface area contributed by atoms with Crippen LogP contribution in [0.2, 0.25) is 0 Å². The van der Waals surface area contributed by atoms with Crippen molar-refractivity contribution >= 4 is 11.8 Å². The summed E-state index contributed by atoms with van der Waals surface area (Å²) in [7, 11) is 0. The van der Waals surface area contributed by atoms with Gasteiger partial charge in [-0.2, -0.15) is 13.2 Å². The maximum Gasteiger partial charge on any atom is 0.415 e. The Morgan fingerprint density at radius 2 is 1.73 bits per heavy atom. The Kier molecular flexibility index (Phi) is 7.65.